The van der Waals surface area contributed by atoms with Gasteiger partial charge in [-0.25, -0.2) is 0 Å². The Bertz CT molecular complexity index is 375. The lowest BCUT2D eigenvalue weighted by molar-refractivity contribution is -0.594. The van der Waals surface area contributed by atoms with Gasteiger partial charge in [-0.05, 0) is 24.3 Å². The summed E-state index contributed by atoms with van der Waals surface area (Å²) in [6.07, 6.45) is 0.752. The average molecular weight is 206 g/mol. The van der Waals surface area contributed by atoms with Gasteiger partial charge < -0.3 is 5.21 Å². The van der Waals surface area contributed by atoms with Crippen molar-refractivity contribution < 1.29 is 9.66 Å². The molecule has 0 fully saturated rings. The molecule has 0 bridgehead atoms. The molecular weight excluding hydrogens is 192 g/mol. The van der Waals surface area contributed by atoms with Gasteiger partial charge in [-0.2, -0.15) is 0 Å². The molecule has 0 saturated heterocycles. The van der Waals surface area contributed by atoms with Crippen LogP contribution in [-0.2, 0) is 0 Å². The molecule has 1 aromatic carbocycles. The van der Waals surface area contributed by atoms with E-state index in [0.717, 1.165) is 6.29 Å². The molecule has 0 aliphatic heterocycles. The Morgan fingerprint density at radius 1 is 1.27 bits per heavy atom. The Labute approximate surface area is 88.8 Å². The number of benzene rings is 1. The number of azo groups is 1. The molecule has 1 rings (SSSR count). The first-order valence-electron chi connectivity index (χ1n) is 4.68. The van der Waals surface area contributed by atoms with Crippen molar-refractivity contribution >= 4 is 12.0 Å². The van der Waals surface area contributed by atoms with Crippen molar-refractivity contribution in [2.45, 2.75) is 26.3 Å². The highest BCUT2D eigenvalue weighted by molar-refractivity contribution is 5.75. The SMILES string of the molecule is CC(C)(C)[N+]([O-])=Nc1ccc(C=O)cc1. The van der Waals surface area contributed by atoms with Gasteiger partial charge in [0.1, 0.15) is 12.0 Å². The van der Waals surface area contributed by atoms with Crippen LogP contribution in [0.3, 0.4) is 0 Å². The zero-order chi connectivity index (χ0) is 11.5. The standard InChI is InChI=1S/C11H14N2O2/c1-11(2,3)13(15)12-10-6-4-9(8-14)5-7-10/h4-8H,1-3H3. The van der Waals surface area contributed by atoms with Gasteiger partial charge in [0.15, 0.2) is 5.54 Å². The first-order chi connectivity index (χ1) is 6.93. The van der Waals surface area contributed by atoms with Crippen molar-refractivity contribution in [2.24, 2.45) is 5.11 Å². The third kappa shape index (κ3) is 3.16. The van der Waals surface area contributed by atoms with E-state index in [-0.39, 0.29) is 0 Å². The summed E-state index contributed by atoms with van der Waals surface area (Å²) in [5, 5.41) is 15.3. The van der Waals surface area contributed by atoms with Crippen molar-refractivity contribution in [3.63, 3.8) is 0 Å². The van der Waals surface area contributed by atoms with Crippen molar-refractivity contribution in [2.75, 3.05) is 0 Å². The van der Waals surface area contributed by atoms with E-state index in [2.05, 4.69) is 5.11 Å². The molecule has 0 atom stereocenters. The monoisotopic (exact) mass is 206 g/mol. The smallest absolute Gasteiger partial charge is 0.191 e. The Balaban J connectivity index is 2.94. The first kappa shape index (κ1) is 11.4. The van der Waals surface area contributed by atoms with Crippen molar-refractivity contribution in [1.29, 1.82) is 0 Å². The topological polar surface area (TPSA) is 55.5 Å². The molecular formula is C11H14N2O2. The molecule has 0 unspecified atom stereocenters. The fourth-order valence-electron chi connectivity index (χ4n) is 0.874. The Kier molecular flexibility index (Phi) is 3.19. The number of carbonyl (C=O) groups excluding carboxylic acids is 1. The maximum atomic E-state index is 11.5. The second kappa shape index (κ2) is 4.21. The van der Waals surface area contributed by atoms with Crippen molar-refractivity contribution in [3.05, 3.63) is 35.0 Å². The van der Waals surface area contributed by atoms with Crippen LogP contribution in [0.15, 0.2) is 29.4 Å². The fourth-order valence-corrected chi connectivity index (χ4v) is 0.874. The van der Waals surface area contributed by atoms with Crippen LogP contribution in [0.4, 0.5) is 5.69 Å². The summed E-state index contributed by atoms with van der Waals surface area (Å²) >= 11 is 0. The molecule has 0 aliphatic carbocycles. The number of aldehydes is 1. The summed E-state index contributed by atoms with van der Waals surface area (Å²) in [7, 11) is 0. The van der Waals surface area contributed by atoms with E-state index in [1.165, 1.54) is 0 Å². The van der Waals surface area contributed by atoms with Gasteiger partial charge >= 0.3 is 0 Å². The number of hydrogen-bond donors (Lipinski definition) is 0. The lowest BCUT2D eigenvalue weighted by Gasteiger charge is -2.14. The molecule has 0 aliphatic rings. The maximum Gasteiger partial charge on any atom is 0.191 e. The normalized spacial score (nSPS) is 12.6. The third-order valence-electron chi connectivity index (χ3n) is 1.81. The second-order valence-corrected chi connectivity index (χ2v) is 4.25. The number of carbonyl (C=O) groups is 1. The summed E-state index contributed by atoms with van der Waals surface area (Å²) in [4.78, 5) is 11.1. The fraction of sp³-hybridized carbons (Fsp3) is 0.364. The Morgan fingerprint density at radius 3 is 2.20 bits per heavy atom. The van der Waals surface area contributed by atoms with Crippen LogP contribution in [0.5, 0.6) is 0 Å². The van der Waals surface area contributed by atoms with Gasteiger partial charge in [-0.15, -0.1) is 0 Å². The van der Waals surface area contributed by atoms with E-state index < -0.39 is 5.54 Å². The largest absolute Gasteiger partial charge is 0.599 e. The van der Waals surface area contributed by atoms with Crippen LogP contribution in [-0.4, -0.2) is 16.7 Å². The molecule has 0 heterocycles. The van der Waals surface area contributed by atoms with Gasteiger partial charge in [-0.3, -0.25) is 4.79 Å². The molecule has 15 heavy (non-hydrogen) atoms. The van der Waals surface area contributed by atoms with E-state index in [1.807, 2.05) is 0 Å². The highest BCUT2D eigenvalue weighted by Gasteiger charge is 2.20. The summed E-state index contributed by atoms with van der Waals surface area (Å²) in [5.74, 6) is 0. The van der Waals surface area contributed by atoms with E-state index in [0.29, 0.717) is 16.1 Å². The van der Waals surface area contributed by atoms with Gasteiger partial charge in [0.2, 0.25) is 0 Å². The van der Waals surface area contributed by atoms with E-state index in [1.54, 1.807) is 45.0 Å². The van der Waals surface area contributed by atoms with E-state index in [9.17, 15) is 10.0 Å². The number of nitrogens with zero attached hydrogens (tertiary/aromatic N) is 2. The molecule has 4 heteroatoms. The molecule has 0 amide bonds. The first-order valence-corrected chi connectivity index (χ1v) is 4.68. The van der Waals surface area contributed by atoms with Crippen LogP contribution >= 0.6 is 0 Å². The summed E-state index contributed by atoms with van der Waals surface area (Å²) in [6.45, 7) is 5.34. The third-order valence-corrected chi connectivity index (χ3v) is 1.81. The minimum Gasteiger partial charge on any atom is -0.599 e. The summed E-state index contributed by atoms with van der Waals surface area (Å²) in [5.41, 5.74) is 0.566. The van der Waals surface area contributed by atoms with Gasteiger partial charge in [0.05, 0.1) is 0 Å². The molecule has 0 saturated carbocycles. The summed E-state index contributed by atoms with van der Waals surface area (Å²) < 4.78 is 0. The molecule has 0 radical (unpaired) electrons. The molecule has 0 aromatic heterocycles. The van der Waals surface area contributed by atoms with Crippen LogP contribution < -0.4 is 0 Å². The van der Waals surface area contributed by atoms with Gasteiger partial charge in [-0.1, -0.05) is 4.86 Å². The van der Waals surface area contributed by atoms with E-state index in [4.69, 9.17) is 0 Å². The van der Waals surface area contributed by atoms with Crippen LogP contribution in [0.2, 0.25) is 0 Å². The highest BCUT2D eigenvalue weighted by Crippen LogP contribution is 2.16. The van der Waals surface area contributed by atoms with Gasteiger partial charge in [0.25, 0.3) is 0 Å². The Hall–Kier alpha value is -1.71. The molecule has 80 valence electrons. The zero-order valence-electron chi connectivity index (χ0n) is 9.10. The van der Waals surface area contributed by atoms with E-state index >= 15 is 0 Å². The lowest BCUT2D eigenvalue weighted by atomic mass is 10.1. The minimum absolute atomic E-state index is 0.547. The predicted molar refractivity (Wildman–Crippen MR) is 57.3 cm³/mol. The second-order valence-electron chi connectivity index (χ2n) is 4.25. The van der Waals surface area contributed by atoms with Gasteiger partial charge in [0, 0.05) is 31.4 Å². The number of hydroxylamine groups is 1. The maximum absolute atomic E-state index is 11.5. The summed E-state index contributed by atoms with van der Waals surface area (Å²) in [6, 6.07) is 6.53. The Morgan fingerprint density at radius 2 is 1.80 bits per heavy atom. The highest BCUT2D eigenvalue weighted by atomic mass is 16.5. The van der Waals surface area contributed by atoms with Crippen molar-refractivity contribution in [1.82, 2.24) is 0 Å². The molecule has 0 N–H and O–H groups in total. The predicted octanol–water partition coefficient (Wildman–Crippen LogP) is 2.89. The quantitative estimate of drug-likeness (QED) is 0.323. The molecule has 1 aromatic rings. The minimum atomic E-state index is -0.552. The molecule has 0 spiro atoms. The number of rotatable bonds is 2. The van der Waals surface area contributed by atoms with Crippen LogP contribution in [0, 0.1) is 5.21 Å². The number of hydrogen-bond acceptors (Lipinski definition) is 3. The van der Waals surface area contributed by atoms with Crippen LogP contribution in [0.1, 0.15) is 31.1 Å². The molecule has 4 nitrogen and oxygen atoms in total. The van der Waals surface area contributed by atoms with Crippen molar-refractivity contribution in [3.8, 4) is 0 Å². The lowest BCUT2D eigenvalue weighted by Crippen LogP contribution is -2.26. The van der Waals surface area contributed by atoms with Crippen LogP contribution in [0.25, 0.3) is 0 Å². The zero-order valence-corrected chi connectivity index (χ0v) is 9.10. The average Bonchev–Trinajstić information content (AvgIpc) is 2.17.